The molecular formula is C4H9O2P. The van der Waals surface area contributed by atoms with Crippen LogP contribution in [0.25, 0.3) is 0 Å². The van der Waals surface area contributed by atoms with Crippen molar-refractivity contribution in [3.05, 3.63) is 11.9 Å². The van der Waals surface area contributed by atoms with E-state index in [-0.39, 0.29) is 0 Å². The van der Waals surface area contributed by atoms with Crippen LogP contribution in [-0.2, 0) is 9.09 Å². The Morgan fingerprint density at radius 3 is 2.43 bits per heavy atom. The van der Waals surface area contributed by atoms with Gasteiger partial charge in [-0.3, -0.25) is 4.57 Å². The minimum absolute atomic E-state index is 1.43. The SMILES string of the molecule is CC=C[PH](=O)OC. The lowest BCUT2D eigenvalue weighted by atomic mass is 10.8. The van der Waals surface area contributed by atoms with Crippen LogP contribution in [0.5, 0.6) is 0 Å². The minimum Gasteiger partial charge on any atom is -0.331 e. The fourth-order valence-corrected chi connectivity index (χ4v) is 0.612. The number of rotatable bonds is 2. The van der Waals surface area contributed by atoms with Crippen molar-refractivity contribution in [2.45, 2.75) is 6.92 Å². The second kappa shape index (κ2) is 4.10. The standard InChI is InChI=1S/C4H9O2P/c1-3-4-7(5)6-2/h3-4,7H,1-2H3. The molecule has 0 aromatic carbocycles. The molecule has 0 aliphatic carbocycles. The Morgan fingerprint density at radius 1 is 1.71 bits per heavy atom. The normalized spacial score (nSPS) is 15.1. The van der Waals surface area contributed by atoms with E-state index >= 15 is 0 Å². The zero-order valence-corrected chi connectivity index (χ0v) is 5.47. The van der Waals surface area contributed by atoms with Gasteiger partial charge in [0.15, 0.2) is 0 Å². The molecule has 0 radical (unpaired) electrons. The highest BCUT2D eigenvalue weighted by atomic mass is 31.1. The molecule has 0 fully saturated rings. The Bertz CT molecular complexity index is 87.7. The molecule has 7 heavy (non-hydrogen) atoms. The van der Waals surface area contributed by atoms with Gasteiger partial charge in [-0.05, 0) is 12.7 Å². The van der Waals surface area contributed by atoms with Gasteiger partial charge in [0.1, 0.15) is 0 Å². The maximum absolute atomic E-state index is 10.3. The third-order valence-corrected chi connectivity index (χ3v) is 1.51. The van der Waals surface area contributed by atoms with E-state index in [1.165, 1.54) is 7.11 Å². The summed E-state index contributed by atoms with van der Waals surface area (Å²) in [5.41, 5.74) is 0. The molecule has 0 N–H and O–H groups in total. The van der Waals surface area contributed by atoms with Gasteiger partial charge in [-0.15, -0.1) is 0 Å². The van der Waals surface area contributed by atoms with E-state index in [4.69, 9.17) is 0 Å². The molecule has 42 valence electrons. The molecule has 0 saturated heterocycles. The molecule has 0 rings (SSSR count). The Morgan fingerprint density at radius 2 is 2.29 bits per heavy atom. The maximum Gasteiger partial charge on any atom is 0.213 e. The molecular weight excluding hydrogens is 111 g/mol. The smallest absolute Gasteiger partial charge is 0.213 e. The van der Waals surface area contributed by atoms with Crippen LogP contribution in [-0.4, -0.2) is 7.11 Å². The molecule has 0 aromatic rings. The predicted molar refractivity (Wildman–Crippen MR) is 30.8 cm³/mol. The Balaban J connectivity index is 3.37. The van der Waals surface area contributed by atoms with Gasteiger partial charge in [-0.25, -0.2) is 0 Å². The fourth-order valence-electron chi connectivity index (χ4n) is 0.204. The van der Waals surface area contributed by atoms with Crippen molar-refractivity contribution in [2.24, 2.45) is 0 Å². The molecule has 0 aliphatic heterocycles. The van der Waals surface area contributed by atoms with E-state index < -0.39 is 8.03 Å². The summed E-state index contributed by atoms with van der Waals surface area (Å²) < 4.78 is 14.7. The van der Waals surface area contributed by atoms with Crippen molar-refractivity contribution < 1.29 is 9.09 Å². The minimum atomic E-state index is -1.81. The summed E-state index contributed by atoms with van der Waals surface area (Å²) in [5, 5.41) is 0. The van der Waals surface area contributed by atoms with Crippen molar-refractivity contribution in [2.75, 3.05) is 7.11 Å². The zero-order valence-electron chi connectivity index (χ0n) is 4.47. The largest absolute Gasteiger partial charge is 0.331 e. The van der Waals surface area contributed by atoms with Gasteiger partial charge in [0, 0.05) is 7.11 Å². The first-order valence-electron chi connectivity index (χ1n) is 2.02. The van der Waals surface area contributed by atoms with Crippen LogP contribution in [0.3, 0.4) is 0 Å². The van der Waals surface area contributed by atoms with Crippen molar-refractivity contribution in [3.63, 3.8) is 0 Å². The van der Waals surface area contributed by atoms with Crippen molar-refractivity contribution in [1.29, 1.82) is 0 Å². The second-order valence-electron chi connectivity index (χ2n) is 1.02. The average molecular weight is 120 g/mol. The van der Waals surface area contributed by atoms with Gasteiger partial charge < -0.3 is 4.52 Å². The molecule has 0 heterocycles. The van der Waals surface area contributed by atoms with Gasteiger partial charge in [0.05, 0.1) is 0 Å². The molecule has 0 aromatic heterocycles. The maximum atomic E-state index is 10.3. The van der Waals surface area contributed by atoms with Crippen LogP contribution >= 0.6 is 8.03 Å². The Labute approximate surface area is 44.0 Å². The summed E-state index contributed by atoms with van der Waals surface area (Å²) >= 11 is 0. The van der Waals surface area contributed by atoms with Crippen LogP contribution in [0.15, 0.2) is 11.9 Å². The number of hydrogen-bond donors (Lipinski definition) is 0. The van der Waals surface area contributed by atoms with Crippen molar-refractivity contribution >= 4 is 8.03 Å². The predicted octanol–water partition coefficient (Wildman–Crippen LogP) is 1.64. The van der Waals surface area contributed by atoms with Crippen molar-refractivity contribution in [3.8, 4) is 0 Å². The first kappa shape index (κ1) is 6.93. The molecule has 1 atom stereocenters. The van der Waals surface area contributed by atoms with Crippen LogP contribution in [0.4, 0.5) is 0 Å². The van der Waals surface area contributed by atoms with Gasteiger partial charge in [0.2, 0.25) is 8.03 Å². The van der Waals surface area contributed by atoms with Crippen molar-refractivity contribution in [1.82, 2.24) is 0 Å². The van der Waals surface area contributed by atoms with Gasteiger partial charge in [-0.2, -0.15) is 0 Å². The van der Waals surface area contributed by atoms with E-state index in [1.807, 2.05) is 6.92 Å². The highest BCUT2D eigenvalue weighted by Crippen LogP contribution is 2.20. The zero-order chi connectivity index (χ0) is 5.70. The van der Waals surface area contributed by atoms with E-state index in [1.54, 1.807) is 11.9 Å². The Hall–Kier alpha value is -0.0700. The number of hydrogen-bond acceptors (Lipinski definition) is 2. The quantitative estimate of drug-likeness (QED) is 0.518. The molecule has 0 amide bonds. The lowest BCUT2D eigenvalue weighted by molar-refractivity contribution is 0.422. The van der Waals surface area contributed by atoms with Crippen LogP contribution in [0.1, 0.15) is 6.92 Å². The van der Waals surface area contributed by atoms with E-state index in [9.17, 15) is 4.57 Å². The lowest BCUT2D eigenvalue weighted by Crippen LogP contribution is -1.57. The van der Waals surface area contributed by atoms with Gasteiger partial charge in [0.25, 0.3) is 0 Å². The summed E-state index contributed by atoms with van der Waals surface area (Å²) in [6.45, 7) is 1.81. The van der Waals surface area contributed by atoms with E-state index in [0.29, 0.717) is 0 Å². The monoisotopic (exact) mass is 120 g/mol. The molecule has 0 saturated carbocycles. The first-order chi connectivity index (χ1) is 3.31. The summed E-state index contributed by atoms with van der Waals surface area (Å²) in [5.74, 6) is 1.55. The summed E-state index contributed by atoms with van der Waals surface area (Å²) in [7, 11) is -0.379. The average Bonchev–Trinajstić information content (AvgIpc) is 1.68. The highest BCUT2D eigenvalue weighted by molar-refractivity contribution is 7.42. The summed E-state index contributed by atoms with van der Waals surface area (Å²) in [6, 6.07) is 0. The third kappa shape index (κ3) is 3.77. The molecule has 0 spiro atoms. The van der Waals surface area contributed by atoms with E-state index in [0.717, 1.165) is 0 Å². The number of allylic oxidation sites excluding steroid dienone is 1. The third-order valence-electron chi connectivity index (χ3n) is 0.504. The van der Waals surface area contributed by atoms with Gasteiger partial charge in [-0.1, -0.05) is 6.08 Å². The summed E-state index contributed by atoms with van der Waals surface area (Å²) in [4.78, 5) is 0. The highest BCUT2D eigenvalue weighted by Gasteiger charge is 1.80. The summed E-state index contributed by atoms with van der Waals surface area (Å²) in [6.07, 6.45) is 1.71. The fraction of sp³-hybridized carbons (Fsp3) is 0.500. The van der Waals surface area contributed by atoms with E-state index in [2.05, 4.69) is 4.52 Å². The molecule has 0 bridgehead atoms. The topological polar surface area (TPSA) is 26.3 Å². The van der Waals surface area contributed by atoms with Crippen LogP contribution in [0.2, 0.25) is 0 Å². The van der Waals surface area contributed by atoms with Crippen LogP contribution in [0, 0.1) is 0 Å². The molecule has 3 heteroatoms. The van der Waals surface area contributed by atoms with Gasteiger partial charge >= 0.3 is 0 Å². The first-order valence-corrected chi connectivity index (χ1v) is 3.41. The molecule has 2 nitrogen and oxygen atoms in total. The molecule has 1 unspecified atom stereocenters. The molecule has 0 aliphatic rings. The van der Waals surface area contributed by atoms with Crippen LogP contribution < -0.4 is 0 Å². The lowest BCUT2D eigenvalue weighted by Gasteiger charge is -1.84. The Kier molecular flexibility index (Phi) is 4.06. The second-order valence-corrected chi connectivity index (χ2v) is 2.40.